The normalized spacial score (nSPS) is 23.1. The van der Waals surface area contributed by atoms with E-state index >= 15 is 0 Å². The number of ether oxygens (including phenoxy) is 1. The van der Waals surface area contributed by atoms with E-state index in [4.69, 9.17) is 4.74 Å². The average Bonchev–Trinajstić information content (AvgIpc) is 2.87. The molecular weight excluding hydrogens is 278 g/mol. The van der Waals surface area contributed by atoms with Gasteiger partial charge >= 0.3 is 5.97 Å². The molecule has 0 spiro atoms. The van der Waals surface area contributed by atoms with E-state index in [2.05, 4.69) is 0 Å². The molecule has 20 heavy (non-hydrogen) atoms. The van der Waals surface area contributed by atoms with Crippen molar-refractivity contribution in [3.8, 4) is 0 Å². The minimum absolute atomic E-state index is 0.0800. The molecule has 1 N–H and O–H groups in total. The van der Waals surface area contributed by atoms with Gasteiger partial charge in [-0.3, -0.25) is 4.79 Å². The topological polar surface area (TPSA) is 66.8 Å². The third-order valence-corrected chi connectivity index (χ3v) is 4.44. The molecular formula is C14H19NO4S. The number of carbonyl (C=O) groups excluding carboxylic acids is 1. The molecule has 1 fully saturated rings. The molecule has 2 rings (SSSR count). The van der Waals surface area contributed by atoms with Crippen molar-refractivity contribution in [2.45, 2.75) is 32.3 Å². The lowest BCUT2D eigenvalue weighted by atomic mass is 10.0. The summed E-state index contributed by atoms with van der Waals surface area (Å²) < 4.78 is 5.31. The molecule has 1 saturated heterocycles. The van der Waals surface area contributed by atoms with Gasteiger partial charge in [0.15, 0.2) is 5.60 Å². The van der Waals surface area contributed by atoms with Crippen LogP contribution in [0.2, 0.25) is 0 Å². The second-order valence-corrected chi connectivity index (χ2v) is 6.39. The lowest BCUT2D eigenvalue weighted by Gasteiger charge is -2.37. The molecule has 0 aromatic carbocycles. The van der Waals surface area contributed by atoms with Crippen LogP contribution in [0.5, 0.6) is 0 Å². The molecule has 5 nitrogen and oxygen atoms in total. The van der Waals surface area contributed by atoms with E-state index in [9.17, 15) is 14.7 Å². The molecule has 0 aliphatic carbocycles. The maximum absolute atomic E-state index is 12.6. The lowest BCUT2D eigenvalue weighted by molar-refractivity contribution is -0.171. The Hall–Kier alpha value is -1.40. The highest BCUT2D eigenvalue weighted by Crippen LogP contribution is 2.28. The second kappa shape index (κ2) is 5.54. The molecule has 0 bridgehead atoms. The monoisotopic (exact) mass is 297 g/mol. The molecule has 0 radical (unpaired) electrons. The minimum atomic E-state index is -1.32. The Kier molecular flexibility index (Phi) is 4.15. The molecule has 1 amide bonds. The number of morpholine rings is 1. The van der Waals surface area contributed by atoms with Crippen molar-refractivity contribution in [3.05, 3.63) is 21.9 Å². The Bertz CT molecular complexity index is 525. The van der Waals surface area contributed by atoms with Gasteiger partial charge in [-0.15, -0.1) is 11.3 Å². The SMILES string of the molecule is CC(C)c1ccsc1C(=O)N1CCOC(C)(C(=O)O)C1. The summed E-state index contributed by atoms with van der Waals surface area (Å²) in [5, 5.41) is 11.1. The van der Waals surface area contributed by atoms with Crippen LogP contribution in [0.1, 0.15) is 41.9 Å². The third kappa shape index (κ3) is 2.71. The Morgan fingerprint density at radius 3 is 2.80 bits per heavy atom. The van der Waals surface area contributed by atoms with E-state index in [1.807, 2.05) is 25.3 Å². The summed E-state index contributed by atoms with van der Waals surface area (Å²) >= 11 is 1.41. The van der Waals surface area contributed by atoms with Crippen molar-refractivity contribution in [2.75, 3.05) is 19.7 Å². The number of nitrogens with zero attached hydrogens (tertiary/aromatic N) is 1. The van der Waals surface area contributed by atoms with Gasteiger partial charge < -0.3 is 14.7 Å². The zero-order valence-electron chi connectivity index (χ0n) is 11.9. The number of thiophene rings is 1. The van der Waals surface area contributed by atoms with Gasteiger partial charge in [-0.2, -0.15) is 0 Å². The summed E-state index contributed by atoms with van der Waals surface area (Å²) in [4.78, 5) is 26.1. The molecule has 2 heterocycles. The quantitative estimate of drug-likeness (QED) is 0.928. The fourth-order valence-corrected chi connectivity index (χ4v) is 3.28. The minimum Gasteiger partial charge on any atom is -0.479 e. The van der Waals surface area contributed by atoms with Gasteiger partial charge in [0.1, 0.15) is 0 Å². The summed E-state index contributed by atoms with van der Waals surface area (Å²) in [6.45, 7) is 6.34. The molecule has 1 unspecified atom stereocenters. The Morgan fingerprint density at radius 1 is 1.50 bits per heavy atom. The first-order chi connectivity index (χ1) is 9.35. The highest BCUT2D eigenvalue weighted by Gasteiger charge is 2.41. The zero-order chi connectivity index (χ0) is 14.9. The van der Waals surface area contributed by atoms with Crippen molar-refractivity contribution in [1.82, 2.24) is 4.90 Å². The van der Waals surface area contributed by atoms with Crippen molar-refractivity contribution in [2.24, 2.45) is 0 Å². The molecule has 1 aliphatic heterocycles. The second-order valence-electron chi connectivity index (χ2n) is 5.47. The van der Waals surface area contributed by atoms with Gasteiger partial charge in [0, 0.05) is 6.54 Å². The number of hydrogen-bond acceptors (Lipinski definition) is 4. The maximum Gasteiger partial charge on any atom is 0.337 e. The van der Waals surface area contributed by atoms with Crippen molar-refractivity contribution < 1.29 is 19.4 Å². The summed E-state index contributed by atoms with van der Waals surface area (Å²) in [7, 11) is 0. The van der Waals surface area contributed by atoms with Gasteiger partial charge in [-0.25, -0.2) is 4.79 Å². The number of amides is 1. The van der Waals surface area contributed by atoms with Crippen LogP contribution >= 0.6 is 11.3 Å². The fraction of sp³-hybridized carbons (Fsp3) is 0.571. The van der Waals surface area contributed by atoms with Crippen LogP contribution in [0.25, 0.3) is 0 Å². The first-order valence-corrected chi connectivity index (χ1v) is 7.47. The van der Waals surface area contributed by atoms with Crippen LogP contribution in [0.3, 0.4) is 0 Å². The Morgan fingerprint density at radius 2 is 2.20 bits per heavy atom. The highest BCUT2D eigenvalue weighted by molar-refractivity contribution is 7.12. The van der Waals surface area contributed by atoms with Crippen LogP contribution < -0.4 is 0 Å². The van der Waals surface area contributed by atoms with Gasteiger partial charge in [-0.05, 0) is 29.9 Å². The van der Waals surface area contributed by atoms with Crippen molar-refractivity contribution in [1.29, 1.82) is 0 Å². The van der Waals surface area contributed by atoms with E-state index in [0.717, 1.165) is 5.56 Å². The molecule has 0 saturated carbocycles. The summed E-state index contributed by atoms with van der Waals surface area (Å²) in [5.74, 6) is -0.864. The van der Waals surface area contributed by atoms with Crippen LogP contribution in [0.4, 0.5) is 0 Å². The number of rotatable bonds is 3. The number of hydrogen-bond donors (Lipinski definition) is 1. The predicted octanol–water partition coefficient (Wildman–Crippen LogP) is 2.19. The van der Waals surface area contributed by atoms with Crippen LogP contribution in [-0.4, -0.2) is 47.2 Å². The summed E-state index contributed by atoms with van der Waals surface area (Å²) in [6.07, 6.45) is 0. The van der Waals surface area contributed by atoms with E-state index in [1.165, 1.54) is 18.3 Å². The Labute approximate surface area is 122 Å². The third-order valence-electron chi connectivity index (χ3n) is 3.53. The van der Waals surface area contributed by atoms with Gasteiger partial charge in [-0.1, -0.05) is 13.8 Å². The molecule has 1 aliphatic rings. The fourth-order valence-electron chi connectivity index (χ4n) is 2.26. The molecule has 6 heteroatoms. The van der Waals surface area contributed by atoms with Gasteiger partial charge in [0.2, 0.25) is 0 Å². The number of carboxylic acids is 1. The lowest BCUT2D eigenvalue weighted by Crippen LogP contribution is -2.56. The molecule has 110 valence electrons. The predicted molar refractivity (Wildman–Crippen MR) is 76.3 cm³/mol. The van der Waals surface area contributed by atoms with E-state index < -0.39 is 11.6 Å². The number of carbonyl (C=O) groups is 2. The molecule has 1 atom stereocenters. The van der Waals surface area contributed by atoms with Crippen LogP contribution in [-0.2, 0) is 9.53 Å². The smallest absolute Gasteiger partial charge is 0.337 e. The average molecular weight is 297 g/mol. The van der Waals surface area contributed by atoms with E-state index in [0.29, 0.717) is 11.4 Å². The Balaban J connectivity index is 2.21. The molecule has 1 aromatic heterocycles. The first-order valence-electron chi connectivity index (χ1n) is 6.59. The largest absolute Gasteiger partial charge is 0.479 e. The van der Waals surface area contributed by atoms with E-state index in [-0.39, 0.29) is 25.0 Å². The molecule has 1 aromatic rings. The van der Waals surface area contributed by atoms with Crippen molar-refractivity contribution >= 4 is 23.2 Å². The van der Waals surface area contributed by atoms with Gasteiger partial charge in [0.05, 0.1) is 18.0 Å². The standard InChI is InChI=1S/C14H19NO4S/c1-9(2)10-4-7-20-11(10)12(16)15-5-6-19-14(3,8-15)13(17)18/h4,7,9H,5-6,8H2,1-3H3,(H,17,18). The van der Waals surface area contributed by atoms with Crippen LogP contribution in [0.15, 0.2) is 11.4 Å². The summed E-state index contributed by atoms with van der Waals surface area (Å²) in [6, 6.07) is 1.96. The van der Waals surface area contributed by atoms with Gasteiger partial charge in [0.25, 0.3) is 5.91 Å². The number of carboxylic acid groups (broad SMARTS) is 1. The van der Waals surface area contributed by atoms with E-state index in [1.54, 1.807) is 4.90 Å². The highest BCUT2D eigenvalue weighted by atomic mass is 32.1. The first kappa shape index (κ1) is 15.0. The van der Waals surface area contributed by atoms with Crippen LogP contribution in [0, 0.1) is 0 Å². The van der Waals surface area contributed by atoms with Crippen molar-refractivity contribution in [3.63, 3.8) is 0 Å². The maximum atomic E-state index is 12.6. The number of aliphatic carboxylic acids is 1. The zero-order valence-corrected chi connectivity index (χ0v) is 12.7. The summed E-state index contributed by atoms with van der Waals surface area (Å²) in [5.41, 5.74) is -0.299.